The Morgan fingerprint density at radius 1 is 1.21 bits per heavy atom. The van der Waals surface area contributed by atoms with Crippen molar-refractivity contribution in [1.29, 1.82) is 0 Å². The van der Waals surface area contributed by atoms with Gasteiger partial charge in [0.05, 0.1) is 11.3 Å². The van der Waals surface area contributed by atoms with E-state index in [1.807, 2.05) is 73.8 Å². The number of thioether (sulfide) groups is 1. The number of carbonyl (C=O) groups excluding carboxylic acids is 1. The van der Waals surface area contributed by atoms with Crippen molar-refractivity contribution in [2.24, 2.45) is 0 Å². The molecule has 0 saturated heterocycles. The van der Waals surface area contributed by atoms with Gasteiger partial charge in [-0.3, -0.25) is 14.6 Å². The summed E-state index contributed by atoms with van der Waals surface area (Å²) in [5.74, 6) is 1.07. The molecule has 0 saturated carbocycles. The highest BCUT2D eigenvalue weighted by Gasteiger charge is 2.47. The number of aromatic nitrogens is 3. The van der Waals surface area contributed by atoms with Gasteiger partial charge in [0.25, 0.3) is 0 Å². The van der Waals surface area contributed by atoms with Crippen LogP contribution in [-0.2, 0) is 4.79 Å². The van der Waals surface area contributed by atoms with Gasteiger partial charge in [0.2, 0.25) is 11.1 Å². The predicted octanol–water partition coefficient (Wildman–Crippen LogP) is 4.77. The first kappa shape index (κ1) is 21.7. The SMILES string of the molecule is CCC(=O)N1c2ccccc2-c2c(=O)[nH]c(SC)n[n+]2C1c1ccc(-c2cccc(Br)c2)o1. The lowest BCUT2D eigenvalue weighted by molar-refractivity contribution is -0.764. The number of rotatable bonds is 4. The fourth-order valence-corrected chi connectivity index (χ4v) is 4.81. The van der Waals surface area contributed by atoms with E-state index >= 15 is 0 Å². The lowest BCUT2D eigenvalue weighted by Gasteiger charge is -2.30. The second-order valence-electron chi connectivity index (χ2n) is 7.48. The summed E-state index contributed by atoms with van der Waals surface area (Å²) >= 11 is 4.82. The Morgan fingerprint density at radius 2 is 2.03 bits per heavy atom. The van der Waals surface area contributed by atoms with Crippen molar-refractivity contribution in [2.45, 2.75) is 24.7 Å². The standard InChI is InChI=1S/C24H19BrN4O3S/c1-3-20(30)28-17-10-5-4-9-16(17)21-22(31)26-24(33-2)27-29(21)23(28)19-12-11-18(32-19)14-7-6-8-15(25)13-14/h4-13,23H,3H2,1-2H3/p+1. The van der Waals surface area contributed by atoms with Crippen LogP contribution in [0.15, 0.2) is 79.5 Å². The molecule has 0 spiro atoms. The molecule has 166 valence electrons. The van der Waals surface area contributed by atoms with Crippen LogP contribution in [0.5, 0.6) is 0 Å². The third-order valence-electron chi connectivity index (χ3n) is 5.51. The average molecular weight is 524 g/mol. The first-order chi connectivity index (χ1) is 16.0. The Balaban J connectivity index is 1.76. The van der Waals surface area contributed by atoms with Crippen LogP contribution in [0, 0.1) is 0 Å². The number of amides is 1. The molecule has 0 radical (unpaired) electrons. The molecule has 0 bridgehead atoms. The maximum atomic E-state index is 13.2. The van der Waals surface area contributed by atoms with E-state index in [0.717, 1.165) is 10.0 Å². The van der Waals surface area contributed by atoms with E-state index in [1.54, 1.807) is 9.58 Å². The number of H-pyrrole nitrogens is 1. The number of fused-ring (bicyclic) bond motifs is 3. The minimum Gasteiger partial charge on any atom is -0.452 e. The zero-order chi connectivity index (χ0) is 23.1. The number of nitrogens with zero attached hydrogens (tertiary/aromatic N) is 3. The lowest BCUT2D eigenvalue weighted by Crippen LogP contribution is -2.60. The maximum Gasteiger partial charge on any atom is 0.325 e. The van der Waals surface area contributed by atoms with Gasteiger partial charge in [-0.05, 0) is 47.3 Å². The fraction of sp³-hybridized carbons (Fsp3) is 0.167. The molecule has 9 heteroatoms. The summed E-state index contributed by atoms with van der Waals surface area (Å²) in [6.07, 6.45) is 1.39. The highest BCUT2D eigenvalue weighted by atomic mass is 79.9. The number of furan rings is 1. The topological polar surface area (TPSA) is 83.1 Å². The second-order valence-corrected chi connectivity index (χ2v) is 9.19. The lowest BCUT2D eigenvalue weighted by atomic mass is 10.0. The minimum absolute atomic E-state index is 0.0983. The summed E-state index contributed by atoms with van der Waals surface area (Å²) in [5.41, 5.74) is 2.31. The highest BCUT2D eigenvalue weighted by molar-refractivity contribution is 9.10. The molecule has 0 aliphatic carbocycles. The molecule has 1 amide bonds. The monoisotopic (exact) mass is 523 g/mol. The first-order valence-corrected chi connectivity index (χ1v) is 12.4. The molecule has 2 aromatic heterocycles. The molecule has 33 heavy (non-hydrogen) atoms. The zero-order valence-corrected chi connectivity index (χ0v) is 20.3. The molecule has 5 rings (SSSR count). The van der Waals surface area contributed by atoms with E-state index < -0.39 is 6.17 Å². The summed E-state index contributed by atoms with van der Waals surface area (Å²) in [7, 11) is 0. The molecule has 7 nitrogen and oxygen atoms in total. The van der Waals surface area contributed by atoms with Crippen molar-refractivity contribution >= 4 is 39.3 Å². The highest BCUT2D eigenvalue weighted by Crippen LogP contribution is 2.39. The van der Waals surface area contributed by atoms with E-state index in [2.05, 4.69) is 26.0 Å². The molecule has 4 aromatic rings. The van der Waals surface area contributed by atoms with Crippen LogP contribution >= 0.6 is 27.7 Å². The third kappa shape index (κ3) is 3.71. The molecule has 1 aliphatic heterocycles. The van der Waals surface area contributed by atoms with Crippen LogP contribution in [0.25, 0.3) is 22.6 Å². The summed E-state index contributed by atoms with van der Waals surface area (Å²) in [6.45, 7) is 1.82. The first-order valence-electron chi connectivity index (χ1n) is 10.4. The van der Waals surface area contributed by atoms with E-state index in [4.69, 9.17) is 4.42 Å². The molecule has 1 atom stereocenters. The summed E-state index contributed by atoms with van der Waals surface area (Å²) < 4.78 is 8.82. The van der Waals surface area contributed by atoms with E-state index in [0.29, 0.717) is 40.0 Å². The number of hydrogen-bond donors (Lipinski definition) is 1. The number of benzene rings is 2. The molecular formula is C24H20BrN4O3S+. The minimum atomic E-state index is -0.739. The smallest absolute Gasteiger partial charge is 0.325 e. The number of hydrogen-bond acceptors (Lipinski definition) is 5. The molecule has 2 aromatic carbocycles. The second kappa shape index (κ2) is 8.64. The Labute approximate surface area is 202 Å². The Kier molecular flexibility index (Phi) is 5.67. The van der Waals surface area contributed by atoms with Crippen LogP contribution < -0.4 is 15.1 Å². The van der Waals surface area contributed by atoms with Gasteiger partial charge in [0, 0.05) is 21.6 Å². The number of carbonyl (C=O) groups is 1. The number of halogens is 1. The van der Waals surface area contributed by atoms with Gasteiger partial charge >= 0.3 is 17.4 Å². The fourth-order valence-electron chi connectivity index (χ4n) is 4.05. The van der Waals surface area contributed by atoms with Gasteiger partial charge in [0.15, 0.2) is 5.76 Å². The number of nitrogens with one attached hydrogen (secondary N) is 1. The maximum absolute atomic E-state index is 13.2. The molecule has 1 aliphatic rings. The number of para-hydroxylation sites is 1. The predicted molar refractivity (Wildman–Crippen MR) is 130 cm³/mol. The van der Waals surface area contributed by atoms with Gasteiger partial charge in [-0.2, -0.15) is 0 Å². The van der Waals surface area contributed by atoms with Crippen molar-refractivity contribution < 1.29 is 13.9 Å². The molecular weight excluding hydrogens is 504 g/mol. The van der Waals surface area contributed by atoms with E-state index in [1.165, 1.54) is 11.8 Å². The summed E-state index contributed by atoms with van der Waals surface area (Å²) in [5, 5.41) is 5.13. The van der Waals surface area contributed by atoms with E-state index in [-0.39, 0.29) is 11.5 Å². The normalized spacial score (nSPS) is 14.6. The zero-order valence-electron chi connectivity index (χ0n) is 17.9. The van der Waals surface area contributed by atoms with Crippen molar-refractivity contribution in [2.75, 3.05) is 11.2 Å². The van der Waals surface area contributed by atoms with Gasteiger partial charge in [-0.15, -0.1) is 0 Å². The van der Waals surface area contributed by atoms with Crippen molar-refractivity contribution in [3.05, 3.63) is 81.3 Å². The van der Waals surface area contributed by atoms with Crippen LogP contribution in [0.1, 0.15) is 25.3 Å². The van der Waals surface area contributed by atoms with Gasteiger partial charge in [0.1, 0.15) is 5.76 Å². The van der Waals surface area contributed by atoms with Gasteiger partial charge in [-0.25, -0.2) is 4.90 Å². The molecule has 3 heterocycles. The van der Waals surface area contributed by atoms with E-state index in [9.17, 15) is 9.59 Å². The van der Waals surface area contributed by atoms with Crippen LogP contribution in [0.2, 0.25) is 0 Å². The Hall–Kier alpha value is -3.17. The molecule has 1 unspecified atom stereocenters. The van der Waals surface area contributed by atoms with Gasteiger partial charge < -0.3 is 4.42 Å². The molecule has 0 fully saturated rings. The number of anilines is 1. The largest absolute Gasteiger partial charge is 0.452 e. The van der Waals surface area contributed by atoms with Crippen LogP contribution in [-0.4, -0.2) is 22.2 Å². The van der Waals surface area contributed by atoms with Crippen molar-refractivity contribution in [3.8, 4) is 22.6 Å². The number of aromatic amines is 1. The summed E-state index contributed by atoms with van der Waals surface area (Å²) in [6, 6.07) is 18.9. The van der Waals surface area contributed by atoms with Crippen LogP contribution in [0.4, 0.5) is 5.69 Å². The molecule has 1 N–H and O–H groups in total. The quantitative estimate of drug-likeness (QED) is 0.307. The third-order valence-corrected chi connectivity index (χ3v) is 6.58. The van der Waals surface area contributed by atoms with Crippen molar-refractivity contribution in [1.82, 2.24) is 10.1 Å². The Morgan fingerprint density at radius 3 is 2.79 bits per heavy atom. The van der Waals surface area contributed by atoms with Crippen LogP contribution in [0.3, 0.4) is 0 Å². The van der Waals surface area contributed by atoms with Gasteiger partial charge in [-0.1, -0.05) is 58.9 Å². The van der Waals surface area contributed by atoms with Crippen molar-refractivity contribution in [3.63, 3.8) is 0 Å². The average Bonchev–Trinajstić information content (AvgIpc) is 3.32. The Bertz CT molecular complexity index is 1430. The summed E-state index contributed by atoms with van der Waals surface area (Å²) in [4.78, 5) is 30.9.